The van der Waals surface area contributed by atoms with Gasteiger partial charge in [0.05, 0.1) is 5.75 Å². The average Bonchev–Trinajstić information content (AvgIpc) is 1.63. The summed E-state index contributed by atoms with van der Waals surface area (Å²) in [5.41, 5.74) is 0. The third-order valence-corrected chi connectivity index (χ3v) is 1.89. The Morgan fingerprint density at radius 2 is 2.00 bits per heavy atom. The molecule has 0 aromatic carbocycles. The average molecular weight is 234 g/mol. The molecule has 0 bridgehead atoms. The zero-order valence-corrected chi connectivity index (χ0v) is 7.71. The SMILES string of the molecule is O=S(=O)(Cl)C/C=C\CBr. The predicted octanol–water partition coefficient (Wildman–Crippen LogP) is 1.51. The molecule has 0 heterocycles. The quantitative estimate of drug-likeness (QED) is 0.421. The van der Waals surface area contributed by atoms with Gasteiger partial charge >= 0.3 is 0 Å². The number of halogens is 2. The molecule has 0 spiro atoms. The highest BCUT2D eigenvalue weighted by Gasteiger charge is 1.98. The van der Waals surface area contributed by atoms with Crippen molar-refractivity contribution in [2.24, 2.45) is 0 Å². The summed E-state index contributed by atoms with van der Waals surface area (Å²) >= 11 is 3.09. The van der Waals surface area contributed by atoms with Crippen LogP contribution in [0, 0.1) is 0 Å². The van der Waals surface area contributed by atoms with Crippen LogP contribution in [0.25, 0.3) is 0 Å². The Balaban J connectivity index is 3.65. The van der Waals surface area contributed by atoms with Crippen LogP contribution in [0.5, 0.6) is 0 Å². The van der Waals surface area contributed by atoms with E-state index in [-0.39, 0.29) is 5.75 Å². The van der Waals surface area contributed by atoms with Crippen molar-refractivity contribution in [3.05, 3.63) is 12.2 Å². The molecule has 0 aliphatic heterocycles. The largest absolute Gasteiger partial charge is 0.236 e. The Hall–Kier alpha value is 0.460. The molecule has 0 saturated heterocycles. The van der Waals surface area contributed by atoms with E-state index < -0.39 is 9.05 Å². The zero-order valence-electron chi connectivity index (χ0n) is 4.55. The van der Waals surface area contributed by atoms with Crippen LogP contribution >= 0.6 is 26.6 Å². The molecule has 0 radical (unpaired) electrons. The molecular weight excluding hydrogens is 227 g/mol. The van der Waals surface area contributed by atoms with Crippen molar-refractivity contribution < 1.29 is 8.42 Å². The van der Waals surface area contributed by atoms with Gasteiger partial charge in [0.2, 0.25) is 9.05 Å². The Bertz CT molecular complexity index is 185. The highest BCUT2D eigenvalue weighted by atomic mass is 79.9. The summed E-state index contributed by atoms with van der Waals surface area (Å²) in [5, 5.41) is 0.652. The number of allylic oxidation sites excluding steroid dienone is 1. The third-order valence-electron chi connectivity index (χ3n) is 0.551. The Morgan fingerprint density at radius 3 is 2.33 bits per heavy atom. The van der Waals surface area contributed by atoms with E-state index in [1.807, 2.05) is 0 Å². The molecule has 0 amide bonds. The summed E-state index contributed by atoms with van der Waals surface area (Å²) in [5.74, 6) is -0.0971. The Kier molecular flexibility index (Phi) is 4.52. The molecule has 54 valence electrons. The van der Waals surface area contributed by atoms with E-state index in [0.29, 0.717) is 5.33 Å². The Labute approximate surface area is 67.4 Å². The van der Waals surface area contributed by atoms with Gasteiger partial charge in [0.25, 0.3) is 0 Å². The van der Waals surface area contributed by atoms with Crippen LogP contribution in [0.1, 0.15) is 0 Å². The van der Waals surface area contributed by atoms with E-state index in [1.165, 1.54) is 6.08 Å². The summed E-state index contributed by atoms with van der Waals surface area (Å²) in [4.78, 5) is 0. The molecular formula is C4H6BrClO2S. The first-order chi connectivity index (χ1) is 4.06. The lowest BCUT2D eigenvalue weighted by molar-refractivity contribution is 0.612. The van der Waals surface area contributed by atoms with Gasteiger partial charge < -0.3 is 0 Å². The maximum absolute atomic E-state index is 10.2. The van der Waals surface area contributed by atoms with Crippen molar-refractivity contribution in [1.29, 1.82) is 0 Å². The first-order valence-corrected chi connectivity index (χ1v) is 5.79. The lowest BCUT2D eigenvalue weighted by Gasteiger charge is -1.83. The van der Waals surface area contributed by atoms with E-state index in [1.54, 1.807) is 6.08 Å². The third kappa shape index (κ3) is 8.46. The van der Waals surface area contributed by atoms with E-state index in [2.05, 4.69) is 15.9 Å². The van der Waals surface area contributed by atoms with Crippen LogP contribution in [0.2, 0.25) is 0 Å². The van der Waals surface area contributed by atoms with Crippen molar-refractivity contribution in [2.45, 2.75) is 0 Å². The first kappa shape index (κ1) is 9.46. The van der Waals surface area contributed by atoms with Crippen LogP contribution in [0.15, 0.2) is 12.2 Å². The molecule has 0 rings (SSSR count). The van der Waals surface area contributed by atoms with E-state index >= 15 is 0 Å². The van der Waals surface area contributed by atoms with E-state index in [4.69, 9.17) is 10.7 Å². The molecule has 0 N–H and O–H groups in total. The van der Waals surface area contributed by atoms with Crippen LogP contribution in [-0.4, -0.2) is 19.5 Å². The van der Waals surface area contributed by atoms with Gasteiger partial charge in [-0.3, -0.25) is 0 Å². The molecule has 0 atom stereocenters. The van der Waals surface area contributed by atoms with Gasteiger partial charge in [-0.1, -0.05) is 28.1 Å². The second-order valence-electron chi connectivity index (χ2n) is 1.33. The number of alkyl halides is 1. The van der Waals surface area contributed by atoms with Gasteiger partial charge in [-0.15, -0.1) is 0 Å². The molecule has 5 heteroatoms. The van der Waals surface area contributed by atoms with Crippen molar-refractivity contribution in [1.82, 2.24) is 0 Å². The molecule has 0 saturated carbocycles. The van der Waals surface area contributed by atoms with Crippen LogP contribution in [-0.2, 0) is 9.05 Å². The molecule has 9 heavy (non-hydrogen) atoms. The fourth-order valence-corrected chi connectivity index (χ4v) is 1.09. The highest BCUT2D eigenvalue weighted by Crippen LogP contribution is 1.96. The van der Waals surface area contributed by atoms with Crippen molar-refractivity contribution in [3.63, 3.8) is 0 Å². The standard InChI is InChI=1S/C4H6BrClO2S/c5-3-1-2-4-9(6,7)8/h1-2H,3-4H2/b2-1-. The van der Waals surface area contributed by atoms with Crippen molar-refractivity contribution >= 4 is 35.7 Å². The number of rotatable bonds is 3. The minimum atomic E-state index is -3.33. The fourth-order valence-electron chi connectivity index (χ4n) is 0.246. The van der Waals surface area contributed by atoms with Gasteiger partial charge in [-0.25, -0.2) is 8.42 Å². The first-order valence-electron chi connectivity index (χ1n) is 2.19. The summed E-state index contributed by atoms with van der Waals surface area (Å²) in [6, 6.07) is 0. The van der Waals surface area contributed by atoms with E-state index in [0.717, 1.165) is 0 Å². The van der Waals surface area contributed by atoms with Crippen molar-refractivity contribution in [2.75, 3.05) is 11.1 Å². The normalized spacial score (nSPS) is 12.7. The molecule has 0 aliphatic rings. The van der Waals surface area contributed by atoms with Gasteiger partial charge in [0.15, 0.2) is 0 Å². The molecule has 0 fully saturated rings. The summed E-state index contributed by atoms with van der Waals surface area (Å²) in [7, 11) is 1.54. The van der Waals surface area contributed by atoms with Crippen LogP contribution in [0.3, 0.4) is 0 Å². The molecule has 2 nitrogen and oxygen atoms in total. The fraction of sp³-hybridized carbons (Fsp3) is 0.500. The van der Waals surface area contributed by atoms with E-state index in [9.17, 15) is 8.42 Å². The van der Waals surface area contributed by atoms with Crippen molar-refractivity contribution in [3.8, 4) is 0 Å². The number of hydrogen-bond donors (Lipinski definition) is 0. The van der Waals surface area contributed by atoms with Gasteiger partial charge in [-0.2, -0.15) is 0 Å². The minimum absolute atomic E-state index is 0.0971. The van der Waals surface area contributed by atoms with Gasteiger partial charge in [-0.05, 0) is 0 Å². The second kappa shape index (κ2) is 4.30. The van der Waals surface area contributed by atoms with Gasteiger partial charge in [0.1, 0.15) is 0 Å². The smallest absolute Gasteiger partial charge is 0.212 e. The summed E-state index contributed by atoms with van der Waals surface area (Å²) in [6.45, 7) is 0. The molecule has 0 aromatic rings. The monoisotopic (exact) mass is 232 g/mol. The van der Waals surface area contributed by atoms with Crippen LogP contribution < -0.4 is 0 Å². The maximum Gasteiger partial charge on any atom is 0.236 e. The number of hydrogen-bond acceptors (Lipinski definition) is 2. The molecule has 0 aliphatic carbocycles. The minimum Gasteiger partial charge on any atom is -0.212 e. The lowest BCUT2D eigenvalue weighted by Crippen LogP contribution is -1.91. The maximum atomic E-state index is 10.2. The highest BCUT2D eigenvalue weighted by molar-refractivity contribution is 9.09. The molecule has 0 aromatic heterocycles. The molecule has 0 unspecified atom stereocenters. The lowest BCUT2D eigenvalue weighted by atomic mass is 10.6. The summed E-state index contributed by atoms with van der Waals surface area (Å²) in [6.07, 6.45) is 3.18. The summed E-state index contributed by atoms with van der Waals surface area (Å²) < 4.78 is 20.4. The predicted molar refractivity (Wildman–Crippen MR) is 42.6 cm³/mol. The van der Waals surface area contributed by atoms with Gasteiger partial charge in [0, 0.05) is 16.0 Å². The van der Waals surface area contributed by atoms with Crippen LogP contribution in [0.4, 0.5) is 0 Å². The second-order valence-corrected chi connectivity index (χ2v) is 4.80. The Morgan fingerprint density at radius 1 is 1.44 bits per heavy atom. The zero-order chi connectivity index (χ0) is 7.33. The topological polar surface area (TPSA) is 34.1 Å².